The molecular formula is C21H21FN2O4. The number of likely N-dealkylation sites (tertiary alicyclic amines) is 1. The van der Waals surface area contributed by atoms with Gasteiger partial charge in [0, 0.05) is 24.3 Å². The summed E-state index contributed by atoms with van der Waals surface area (Å²) in [5.41, 5.74) is 0.469. The molecule has 1 aliphatic heterocycles. The lowest BCUT2D eigenvalue weighted by atomic mass is 10.1. The van der Waals surface area contributed by atoms with E-state index >= 15 is 0 Å². The van der Waals surface area contributed by atoms with Crippen LogP contribution in [0.1, 0.15) is 56.8 Å². The van der Waals surface area contributed by atoms with Crippen molar-refractivity contribution in [3.05, 3.63) is 65.0 Å². The lowest BCUT2D eigenvalue weighted by Gasteiger charge is -2.20. The van der Waals surface area contributed by atoms with Crippen LogP contribution >= 0.6 is 0 Å². The van der Waals surface area contributed by atoms with E-state index in [9.17, 15) is 18.8 Å². The minimum absolute atomic E-state index is 0.0323. The lowest BCUT2D eigenvalue weighted by Crippen LogP contribution is -2.31. The predicted molar refractivity (Wildman–Crippen MR) is 102 cm³/mol. The average molecular weight is 384 g/mol. The van der Waals surface area contributed by atoms with Crippen LogP contribution in [-0.2, 0) is 0 Å². The number of hydrogen-bond acceptors (Lipinski definition) is 3. The van der Waals surface area contributed by atoms with Gasteiger partial charge in [-0.2, -0.15) is 0 Å². The number of aromatic carboxylic acids is 1. The Hall–Kier alpha value is -3.22. The Morgan fingerprint density at radius 3 is 2.07 bits per heavy atom. The van der Waals surface area contributed by atoms with Gasteiger partial charge in [0.1, 0.15) is 5.82 Å². The summed E-state index contributed by atoms with van der Waals surface area (Å²) >= 11 is 0. The standard InChI is InChI=1S/C21H21FN2O4/c22-18-13-15(21(27)28)7-10-17(18)19(25)23-16-8-5-14(6-9-16)20(26)24-11-3-1-2-4-12-24/h5-10,13H,1-4,11-12H2,(H,23,25)(H,27,28). The molecule has 0 unspecified atom stereocenters. The van der Waals surface area contributed by atoms with Crippen molar-refractivity contribution < 1.29 is 23.9 Å². The first-order valence-corrected chi connectivity index (χ1v) is 9.19. The van der Waals surface area contributed by atoms with Crippen molar-refractivity contribution in [2.24, 2.45) is 0 Å². The molecule has 146 valence electrons. The van der Waals surface area contributed by atoms with E-state index in [1.54, 1.807) is 24.3 Å². The molecule has 0 aromatic heterocycles. The molecule has 3 rings (SSSR count). The maximum atomic E-state index is 14.0. The highest BCUT2D eigenvalue weighted by Gasteiger charge is 2.18. The third kappa shape index (κ3) is 4.54. The van der Waals surface area contributed by atoms with E-state index in [-0.39, 0.29) is 17.0 Å². The number of rotatable bonds is 4. The minimum Gasteiger partial charge on any atom is -0.478 e. The largest absolute Gasteiger partial charge is 0.478 e. The van der Waals surface area contributed by atoms with Crippen molar-refractivity contribution >= 4 is 23.5 Å². The Kier molecular flexibility index (Phi) is 6.03. The molecule has 6 nitrogen and oxygen atoms in total. The molecule has 1 aliphatic rings. The van der Waals surface area contributed by atoms with Gasteiger partial charge in [-0.1, -0.05) is 12.8 Å². The van der Waals surface area contributed by atoms with Crippen molar-refractivity contribution in [1.82, 2.24) is 4.90 Å². The summed E-state index contributed by atoms with van der Waals surface area (Å²) in [4.78, 5) is 37.5. The van der Waals surface area contributed by atoms with Crippen LogP contribution in [0, 0.1) is 5.82 Å². The second-order valence-corrected chi connectivity index (χ2v) is 6.74. The lowest BCUT2D eigenvalue weighted by molar-refractivity contribution is 0.0694. The Labute approximate surface area is 162 Å². The molecule has 28 heavy (non-hydrogen) atoms. The summed E-state index contributed by atoms with van der Waals surface area (Å²) in [5.74, 6) is -2.91. The number of benzene rings is 2. The normalized spacial score (nSPS) is 14.2. The highest BCUT2D eigenvalue weighted by Crippen LogP contribution is 2.17. The molecule has 2 aromatic rings. The number of nitrogens with one attached hydrogen (secondary N) is 1. The van der Waals surface area contributed by atoms with Crippen molar-refractivity contribution in [2.75, 3.05) is 18.4 Å². The summed E-state index contributed by atoms with van der Waals surface area (Å²) in [6, 6.07) is 9.55. The van der Waals surface area contributed by atoms with Crippen LogP contribution in [-0.4, -0.2) is 40.9 Å². The van der Waals surface area contributed by atoms with Gasteiger partial charge in [-0.05, 0) is 55.3 Å². The van der Waals surface area contributed by atoms with Crippen LogP contribution in [0.4, 0.5) is 10.1 Å². The number of amides is 2. The monoisotopic (exact) mass is 384 g/mol. The van der Waals surface area contributed by atoms with Gasteiger partial charge in [0.15, 0.2) is 0 Å². The summed E-state index contributed by atoms with van der Waals surface area (Å²) in [7, 11) is 0. The number of carboxylic acid groups (broad SMARTS) is 1. The predicted octanol–water partition coefficient (Wildman–Crippen LogP) is 3.79. The number of nitrogens with zero attached hydrogens (tertiary/aromatic N) is 1. The van der Waals surface area contributed by atoms with Crippen LogP contribution in [0.3, 0.4) is 0 Å². The van der Waals surface area contributed by atoms with Gasteiger partial charge in [-0.15, -0.1) is 0 Å². The quantitative estimate of drug-likeness (QED) is 0.840. The number of carboxylic acids is 1. The fourth-order valence-corrected chi connectivity index (χ4v) is 3.18. The molecule has 2 amide bonds. The van der Waals surface area contributed by atoms with Gasteiger partial charge < -0.3 is 15.3 Å². The molecule has 2 aromatic carbocycles. The van der Waals surface area contributed by atoms with E-state index in [4.69, 9.17) is 5.11 Å². The smallest absolute Gasteiger partial charge is 0.335 e. The van der Waals surface area contributed by atoms with E-state index in [2.05, 4.69) is 5.32 Å². The summed E-state index contributed by atoms with van der Waals surface area (Å²) in [6.07, 6.45) is 4.29. The van der Waals surface area contributed by atoms with Crippen LogP contribution in [0.15, 0.2) is 42.5 Å². The van der Waals surface area contributed by atoms with Crippen molar-refractivity contribution in [3.8, 4) is 0 Å². The van der Waals surface area contributed by atoms with Gasteiger partial charge in [0.25, 0.3) is 11.8 Å². The average Bonchev–Trinajstić information content (AvgIpc) is 2.97. The fraction of sp³-hybridized carbons (Fsp3) is 0.286. The topological polar surface area (TPSA) is 86.7 Å². The van der Waals surface area contributed by atoms with Crippen LogP contribution in [0.2, 0.25) is 0 Å². The molecule has 1 heterocycles. The first kappa shape index (κ1) is 19.5. The molecule has 0 spiro atoms. The molecule has 7 heteroatoms. The molecule has 2 N–H and O–H groups in total. The number of carbonyl (C=O) groups excluding carboxylic acids is 2. The van der Waals surface area contributed by atoms with E-state index in [1.807, 2.05) is 4.90 Å². The van der Waals surface area contributed by atoms with Gasteiger partial charge in [-0.3, -0.25) is 9.59 Å². The Morgan fingerprint density at radius 2 is 1.50 bits per heavy atom. The molecule has 1 fully saturated rings. The zero-order valence-electron chi connectivity index (χ0n) is 15.3. The van der Waals surface area contributed by atoms with Gasteiger partial charge in [0.05, 0.1) is 11.1 Å². The molecule has 0 saturated carbocycles. The van der Waals surface area contributed by atoms with E-state index in [1.165, 1.54) is 6.07 Å². The zero-order chi connectivity index (χ0) is 20.1. The van der Waals surface area contributed by atoms with Crippen LogP contribution in [0.25, 0.3) is 0 Å². The number of anilines is 1. The first-order valence-electron chi connectivity index (χ1n) is 9.19. The van der Waals surface area contributed by atoms with Gasteiger partial charge >= 0.3 is 5.97 Å². The summed E-state index contributed by atoms with van der Waals surface area (Å²) < 4.78 is 14.0. The Bertz CT molecular complexity index is 888. The Morgan fingerprint density at radius 1 is 0.893 bits per heavy atom. The maximum absolute atomic E-state index is 14.0. The SMILES string of the molecule is O=C(O)c1ccc(C(=O)Nc2ccc(C(=O)N3CCCCCC3)cc2)c(F)c1. The third-order valence-electron chi connectivity index (χ3n) is 4.74. The Balaban J connectivity index is 1.67. The maximum Gasteiger partial charge on any atom is 0.335 e. The molecular weight excluding hydrogens is 363 g/mol. The van der Waals surface area contributed by atoms with Crippen molar-refractivity contribution in [2.45, 2.75) is 25.7 Å². The minimum atomic E-state index is -1.27. The van der Waals surface area contributed by atoms with Crippen molar-refractivity contribution in [1.29, 1.82) is 0 Å². The second-order valence-electron chi connectivity index (χ2n) is 6.74. The molecule has 0 radical (unpaired) electrons. The van der Waals surface area contributed by atoms with E-state index in [0.717, 1.165) is 50.9 Å². The van der Waals surface area contributed by atoms with E-state index in [0.29, 0.717) is 11.3 Å². The third-order valence-corrected chi connectivity index (χ3v) is 4.74. The summed E-state index contributed by atoms with van der Waals surface area (Å²) in [6.45, 7) is 1.51. The highest BCUT2D eigenvalue weighted by molar-refractivity contribution is 6.05. The highest BCUT2D eigenvalue weighted by atomic mass is 19.1. The van der Waals surface area contributed by atoms with Crippen LogP contribution < -0.4 is 5.32 Å². The number of halogens is 1. The van der Waals surface area contributed by atoms with E-state index < -0.39 is 17.7 Å². The number of hydrogen-bond donors (Lipinski definition) is 2. The zero-order valence-corrected chi connectivity index (χ0v) is 15.3. The van der Waals surface area contributed by atoms with Gasteiger partial charge in [0.2, 0.25) is 0 Å². The van der Waals surface area contributed by atoms with Crippen molar-refractivity contribution in [3.63, 3.8) is 0 Å². The second kappa shape index (κ2) is 8.65. The molecule has 0 aliphatic carbocycles. The first-order chi connectivity index (χ1) is 13.5. The molecule has 0 bridgehead atoms. The number of carbonyl (C=O) groups is 3. The van der Waals surface area contributed by atoms with Gasteiger partial charge in [-0.25, -0.2) is 9.18 Å². The summed E-state index contributed by atoms with van der Waals surface area (Å²) in [5, 5.41) is 11.4. The van der Waals surface area contributed by atoms with Crippen LogP contribution in [0.5, 0.6) is 0 Å². The molecule has 0 atom stereocenters. The fourth-order valence-electron chi connectivity index (χ4n) is 3.18. The molecule has 1 saturated heterocycles.